The van der Waals surface area contributed by atoms with Crippen LogP contribution in [0.3, 0.4) is 0 Å². The van der Waals surface area contributed by atoms with Crippen molar-refractivity contribution < 1.29 is 0 Å². The average Bonchev–Trinajstić information content (AvgIpc) is 2.13. The molecule has 0 aliphatic heterocycles. The van der Waals surface area contributed by atoms with Crippen molar-refractivity contribution in [3.63, 3.8) is 0 Å². The van der Waals surface area contributed by atoms with E-state index in [-0.39, 0.29) is 0 Å². The summed E-state index contributed by atoms with van der Waals surface area (Å²) in [5.41, 5.74) is 2.04. The maximum absolute atomic E-state index is 4.22. The zero-order valence-electron chi connectivity index (χ0n) is 6.92. The first-order valence-electron chi connectivity index (χ1n) is 3.51. The van der Waals surface area contributed by atoms with Crippen LogP contribution >= 0.6 is 0 Å². The van der Waals surface area contributed by atoms with Crippen molar-refractivity contribution >= 4 is 0 Å². The lowest BCUT2D eigenvalue weighted by Crippen LogP contribution is -2.04. The number of aromatic nitrogens is 3. The molecule has 1 aromatic rings. The van der Waals surface area contributed by atoms with E-state index in [0.29, 0.717) is 6.04 Å². The Kier molecular flexibility index (Phi) is 1.74. The first-order chi connectivity index (χ1) is 4.61. The quantitative estimate of drug-likeness (QED) is 0.590. The van der Waals surface area contributed by atoms with E-state index in [4.69, 9.17) is 0 Å². The number of aryl methyl sites for hydroxylation is 2. The molecule has 3 nitrogen and oxygen atoms in total. The molecule has 0 saturated heterocycles. The fraction of sp³-hybridized carbons (Fsp3) is 0.714. The Bertz CT molecular complexity index is 205. The second-order valence-corrected chi connectivity index (χ2v) is 2.78. The topological polar surface area (TPSA) is 30.7 Å². The summed E-state index contributed by atoms with van der Waals surface area (Å²) < 4.78 is 0. The van der Waals surface area contributed by atoms with Gasteiger partial charge in [0.2, 0.25) is 0 Å². The molecule has 0 aliphatic carbocycles. The van der Waals surface area contributed by atoms with Gasteiger partial charge in [0.15, 0.2) is 0 Å². The number of rotatable bonds is 1. The van der Waals surface area contributed by atoms with Crippen molar-refractivity contribution in [3.8, 4) is 0 Å². The first-order valence-corrected chi connectivity index (χ1v) is 3.51. The lowest BCUT2D eigenvalue weighted by Gasteiger charge is -2.00. The molecule has 1 heterocycles. The lowest BCUT2D eigenvalue weighted by molar-refractivity contribution is 0.462. The van der Waals surface area contributed by atoms with Crippen LogP contribution in [0.2, 0.25) is 0 Å². The summed E-state index contributed by atoms with van der Waals surface area (Å²) in [5.74, 6) is 0. The van der Waals surface area contributed by atoms with Gasteiger partial charge >= 0.3 is 0 Å². The minimum Gasteiger partial charge on any atom is -0.182 e. The zero-order valence-corrected chi connectivity index (χ0v) is 6.92. The molecule has 1 aromatic heterocycles. The van der Waals surface area contributed by atoms with Gasteiger partial charge < -0.3 is 0 Å². The molecule has 0 N–H and O–H groups in total. The third-order valence-electron chi connectivity index (χ3n) is 1.49. The summed E-state index contributed by atoms with van der Waals surface area (Å²) in [6, 6.07) is 0.368. The predicted octanol–water partition coefficient (Wildman–Crippen LogP) is 1.48. The molecule has 0 fully saturated rings. The van der Waals surface area contributed by atoms with E-state index in [1.54, 1.807) is 4.80 Å². The summed E-state index contributed by atoms with van der Waals surface area (Å²) in [6.45, 7) is 8.08. The number of hydrogen-bond acceptors (Lipinski definition) is 2. The summed E-state index contributed by atoms with van der Waals surface area (Å²) >= 11 is 0. The lowest BCUT2D eigenvalue weighted by atomic mass is 10.4. The molecular formula is C7H13N3. The Labute approximate surface area is 61.1 Å². The van der Waals surface area contributed by atoms with E-state index in [0.717, 1.165) is 11.4 Å². The van der Waals surface area contributed by atoms with Crippen molar-refractivity contribution in [2.75, 3.05) is 0 Å². The van der Waals surface area contributed by atoms with Gasteiger partial charge in [-0.2, -0.15) is 15.0 Å². The highest BCUT2D eigenvalue weighted by molar-refractivity contribution is 5.02. The van der Waals surface area contributed by atoms with Gasteiger partial charge in [0.25, 0.3) is 0 Å². The van der Waals surface area contributed by atoms with Gasteiger partial charge in [-0.25, -0.2) is 0 Å². The molecule has 0 aromatic carbocycles. The largest absolute Gasteiger partial charge is 0.182 e. The third-order valence-corrected chi connectivity index (χ3v) is 1.49. The fourth-order valence-corrected chi connectivity index (χ4v) is 0.705. The normalized spacial score (nSPS) is 10.9. The van der Waals surface area contributed by atoms with Gasteiger partial charge in [-0.1, -0.05) is 0 Å². The van der Waals surface area contributed by atoms with Crippen LogP contribution in [0.5, 0.6) is 0 Å². The highest BCUT2D eigenvalue weighted by Gasteiger charge is 2.03. The molecule has 0 unspecified atom stereocenters. The smallest absolute Gasteiger partial charge is 0.0825 e. The van der Waals surface area contributed by atoms with Crippen LogP contribution in [0, 0.1) is 13.8 Å². The van der Waals surface area contributed by atoms with E-state index >= 15 is 0 Å². The molecule has 0 saturated carbocycles. The van der Waals surface area contributed by atoms with Crippen LogP contribution < -0.4 is 0 Å². The van der Waals surface area contributed by atoms with Crippen molar-refractivity contribution in [1.82, 2.24) is 15.0 Å². The summed E-state index contributed by atoms with van der Waals surface area (Å²) in [7, 11) is 0. The third kappa shape index (κ3) is 1.17. The summed E-state index contributed by atoms with van der Waals surface area (Å²) in [6.07, 6.45) is 0. The Morgan fingerprint density at radius 3 is 1.70 bits per heavy atom. The molecule has 0 atom stereocenters. The molecule has 0 amide bonds. The molecule has 10 heavy (non-hydrogen) atoms. The zero-order chi connectivity index (χ0) is 7.72. The molecule has 0 bridgehead atoms. The van der Waals surface area contributed by atoms with Crippen LogP contribution in [0.1, 0.15) is 31.3 Å². The summed E-state index contributed by atoms with van der Waals surface area (Å²) in [4.78, 5) is 1.74. The van der Waals surface area contributed by atoms with E-state index in [2.05, 4.69) is 24.0 Å². The van der Waals surface area contributed by atoms with Gasteiger partial charge in [0.05, 0.1) is 17.4 Å². The van der Waals surface area contributed by atoms with Gasteiger partial charge in [-0.15, -0.1) is 0 Å². The molecule has 3 heteroatoms. The Morgan fingerprint density at radius 2 is 1.50 bits per heavy atom. The van der Waals surface area contributed by atoms with E-state index < -0.39 is 0 Å². The minimum atomic E-state index is 0.368. The van der Waals surface area contributed by atoms with Crippen LogP contribution in [-0.4, -0.2) is 15.0 Å². The van der Waals surface area contributed by atoms with Gasteiger partial charge in [0, 0.05) is 0 Å². The highest BCUT2D eigenvalue weighted by Crippen LogP contribution is 2.03. The predicted molar refractivity (Wildman–Crippen MR) is 39.9 cm³/mol. The van der Waals surface area contributed by atoms with E-state index in [1.807, 2.05) is 13.8 Å². The van der Waals surface area contributed by atoms with E-state index in [9.17, 15) is 0 Å². The molecule has 56 valence electrons. The van der Waals surface area contributed by atoms with Crippen LogP contribution in [0.4, 0.5) is 0 Å². The van der Waals surface area contributed by atoms with Crippen LogP contribution in [0.25, 0.3) is 0 Å². The second-order valence-electron chi connectivity index (χ2n) is 2.78. The molecule has 0 spiro atoms. The average molecular weight is 139 g/mol. The fourth-order valence-electron chi connectivity index (χ4n) is 0.705. The van der Waals surface area contributed by atoms with Gasteiger partial charge in [-0.3, -0.25) is 0 Å². The molecular weight excluding hydrogens is 126 g/mol. The van der Waals surface area contributed by atoms with Crippen LogP contribution in [0.15, 0.2) is 0 Å². The molecule has 0 aliphatic rings. The minimum absolute atomic E-state index is 0.368. The number of nitrogens with zero attached hydrogens (tertiary/aromatic N) is 3. The standard InChI is InChI=1S/C7H13N3/c1-5(2)10-8-6(3)7(4)9-10/h5H,1-4H3. The highest BCUT2D eigenvalue weighted by atomic mass is 15.5. The Morgan fingerprint density at radius 1 is 1.10 bits per heavy atom. The van der Waals surface area contributed by atoms with Crippen molar-refractivity contribution in [3.05, 3.63) is 11.4 Å². The van der Waals surface area contributed by atoms with Crippen molar-refractivity contribution in [2.24, 2.45) is 0 Å². The SMILES string of the molecule is Cc1nn(C(C)C)nc1C. The molecule has 1 rings (SSSR count). The number of hydrogen-bond donors (Lipinski definition) is 0. The van der Waals surface area contributed by atoms with Crippen LogP contribution in [-0.2, 0) is 0 Å². The second kappa shape index (κ2) is 2.40. The van der Waals surface area contributed by atoms with Gasteiger partial charge in [0.1, 0.15) is 0 Å². The Balaban J connectivity index is 2.98. The first kappa shape index (κ1) is 7.25. The van der Waals surface area contributed by atoms with E-state index in [1.165, 1.54) is 0 Å². The Hall–Kier alpha value is -0.860. The monoisotopic (exact) mass is 139 g/mol. The van der Waals surface area contributed by atoms with Crippen molar-refractivity contribution in [2.45, 2.75) is 33.7 Å². The van der Waals surface area contributed by atoms with Gasteiger partial charge in [-0.05, 0) is 27.7 Å². The maximum atomic E-state index is 4.22. The maximum Gasteiger partial charge on any atom is 0.0825 e. The molecule has 0 radical (unpaired) electrons. The van der Waals surface area contributed by atoms with Crippen molar-refractivity contribution in [1.29, 1.82) is 0 Å². The summed E-state index contributed by atoms with van der Waals surface area (Å²) in [5, 5.41) is 8.43.